The van der Waals surface area contributed by atoms with Crippen LogP contribution < -0.4 is 4.90 Å². The highest BCUT2D eigenvalue weighted by Crippen LogP contribution is 2.29. The quantitative estimate of drug-likeness (QED) is 0.869. The molecule has 0 amide bonds. The Kier molecular flexibility index (Phi) is 4.56. The van der Waals surface area contributed by atoms with E-state index in [0.29, 0.717) is 6.04 Å². The monoisotopic (exact) mass is 320 g/mol. The van der Waals surface area contributed by atoms with E-state index in [1.165, 1.54) is 17.6 Å². The summed E-state index contributed by atoms with van der Waals surface area (Å²) in [5.74, 6) is 1.11. The highest BCUT2D eigenvalue weighted by Gasteiger charge is 2.25. The average Bonchev–Trinajstić information content (AvgIpc) is 2.70. The first kappa shape index (κ1) is 15.3. The lowest BCUT2D eigenvalue weighted by Gasteiger charge is -2.40. The summed E-state index contributed by atoms with van der Waals surface area (Å²) in [6.07, 6.45) is 11.7. The first-order valence-corrected chi connectivity index (χ1v) is 8.89. The van der Waals surface area contributed by atoms with Crippen molar-refractivity contribution in [2.45, 2.75) is 25.3 Å². The molecule has 1 fully saturated rings. The van der Waals surface area contributed by atoms with Crippen LogP contribution in [0.4, 0.5) is 5.82 Å². The molecule has 4 heteroatoms. The molecule has 0 spiro atoms. The number of hydrogen-bond donors (Lipinski definition) is 0. The van der Waals surface area contributed by atoms with Crippen molar-refractivity contribution in [2.75, 3.05) is 31.1 Å². The second kappa shape index (κ2) is 7.14. The SMILES string of the molecule is C1=C(c2cccnc2)CCC(N2CCN(c3ccccn3)CC2)C1. The first-order valence-electron chi connectivity index (χ1n) is 8.89. The first-order chi connectivity index (χ1) is 11.9. The van der Waals surface area contributed by atoms with Crippen molar-refractivity contribution in [3.63, 3.8) is 0 Å². The van der Waals surface area contributed by atoms with E-state index in [4.69, 9.17) is 0 Å². The maximum Gasteiger partial charge on any atom is 0.128 e. The highest BCUT2D eigenvalue weighted by atomic mass is 15.3. The molecule has 124 valence electrons. The van der Waals surface area contributed by atoms with Gasteiger partial charge in [-0.3, -0.25) is 9.88 Å². The lowest BCUT2D eigenvalue weighted by atomic mass is 9.90. The van der Waals surface area contributed by atoms with Gasteiger partial charge in [0.05, 0.1) is 0 Å². The molecule has 4 nitrogen and oxygen atoms in total. The number of aromatic nitrogens is 2. The summed E-state index contributed by atoms with van der Waals surface area (Å²) in [6, 6.07) is 11.0. The molecule has 1 saturated heterocycles. The molecule has 2 aromatic heterocycles. The smallest absolute Gasteiger partial charge is 0.128 e. The van der Waals surface area contributed by atoms with Gasteiger partial charge in [0, 0.05) is 50.8 Å². The van der Waals surface area contributed by atoms with E-state index < -0.39 is 0 Å². The summed E-state index contributed by atoms with van der Waals surface area (Å²) >= 11 is 0. The number of piperazine rings is 1. The summed E-state index contributed by atoms with van der Waals surface area (Å²) in [5.41, 5.74) is 2.75. The van der Waals surface area contributed by atoms with Crippen LogP contribution in [0.15, 0.2) is 55.0 Å². The summed E-state index contributed by atoms with van der Waals surface area (Å²) < 4.78 is 0. The minimum atomic E-state index is 0.691. The van der Waals surface area contributed by atoms with Gasteiger partial charge in [0.25, 0.3) is 0 Å². The molecular formula is C20H24N4. The molecule has 2 aromatic rings. The number of allylic oxidation sites excluding steroid dienone is 1. The molecule has 0 N–H and O–H groups in total. The fraction of sp³-hybridized carbons (Fsp3) is 0.400. The van der Waals surface area contributed by atoms with Gasteiger partial charge < -0.3 is 4.90 Å². The van der Waals surface area contributed by atoms with E-state index in [1.54, 1.807) is 0 Å². The molecule has 0 saturated carbocycles. The molecule has 1 aliphatic heterocycles. The second-order valence-corrected chi connectivity index (χ2v) is 6.61. The Bertz CT molecular complexity index is 675. The number of hydrogen-bond acceptors (Lipinski definition) is 4. The maximum absolute atomic E-state index is 4.48. The van der Waals surface area contributed by atoms with Gasteiger partial charge in [-0.1, -0.05) is 18.2 Å². The van der Waals surface area contributed by atoms with Gasteiger partial charge in [0.2, 0.25) is 0 Å². The van der Waals surface area contributed by atoms with Crippen molar-refractivity contribution in [1.29, 1.82) is 0 Å². The molecule has 1 atom stereocenters. The van der Waals surface area contributed by atoms with E-state index in [9.17, 15) is 0 Å². The van der Waals surface area contributed by atoms with E-state index in [-0.39, 0.29) is 0 Å². The molecule has 0 aromatic carbocycles. The Morgan fingerprint density at radius 2 is 1.88 bits per heavy atom. The summed E-state index contributed by atoms with van der Waals surface area (Å²) in [6.45, 7) is 4.42. The number of pyridine rings is 2. The fourth-order valence-electron chi connectivity index (χ4n) is 3.82. The normalized spacial score (nSPS) is 22.2. The third-order valence-electron chi connectivity index (χ3n) is 5.22. The third kappa shape index (κ3) is 3.34. The maximum atomic E-state index is 4.48. The van der Waals surface area contributed by atoms with E-state index in [0.717, 1.165) is 44.8 Å². The molecule has 1 aliphatic carbocycles. The molecule has 0 bridgehead atoms. The van der Waals surface area contributed by atoms with Gasteiger partial charge in [-0.2, -0.15) is 0 Å². The molecule has 4 rings (SSSR count). The summed E-state index contributed by atoms with van der Waals surface area (Å²) in [5, 5.41) is 0. The van der Waals surface area contributed by atoms with Crippen molar-refractivity contribution in [2.24, 2.45) is 0 Å². The largest absolute Gasteiger partial charge is 0.354 e. The van der Waals surface area contributed by atoms with Crippen molar-refractivity contribution in [3.05, 3.63) is 60.6 Å². The van der Waals surface area contributed by atoms with Crippen LogP contribution in [0.2, 0.25) is 0 Å². The second-order valence-electron chi connectivity index (χ2n) is 6.61. The van der Waals surface area contributed by atoms with Crippen LogP contribution >= 0.6 is 0 Å². The Morgan fingerprint density at radius 3 is 2.54 bits per heavy atom. The summed E-state index contributed by atoms with van der Waals surface area (Å²) in [7, 11) is 0. The van der Waals surface area contributed by atoms with Crippen LogP contribution in [0, 0.1) is 0 Å². The van der Waals surface area contributed by atoms with Crippen molar-refractivity contribution in [1.82, 2.24) is 14.9 Å². The van der Waals surface area contributed by atoms with Crippen LogP contribution in [-0.2, 0) is 0 Å². The van der Waals surface area contributed by atoms with Crippen molar-refractivity contribution >= 4 is 11.4 Å². The van der Waals surface area contributed by atoms with Crippen LogP contribution in [0.3, 0.4) is 0 Å². The van der Waals surface area contributed by atoms with Crippen molar-refractivity contribution in [3.8, 4) is 0 Å². The van der Waals surface area contributed by atoms with Crippen LogP contribution in [0.25, 0.3) is 5.57 Å². The van der Waals surface area contributed by atoms with E-state index >= 15 is 0 Å². The zero-order chi connectivity index (χ0) is 16.2. The van der Waals surface area contributed by atoms with E-state index in [2.05, 4.69) is 44.0 Å². The van der Waals surface area contributed by atoms with Gasteiger partial charge in [-0.15, -0.1) is 0 Å². The standard InChI is InChI=1S/C20H24N4/c1-2-11-22-20(5-1)24-14-12-23(13-15-24)19-8-6-17(7-9-19)18-4-3-10-21-16-18/h1-6,10-11,16,19H,7-9,12-15H2. The van der Waals surface area contributed by atoms with Crippen LogP contribution in [-0.4, -0.2) is 47.1 Å². The van der Waals surface area contributed by atoms with Gasteiger partial charge in [-0.05, 0) is 48.6 Å². The minimum absolute atomic E-state index is 0.691. The van der Waals surface area contributed by atoms with Gasteiger partial charge in [0.1, 0.15) is 5.82 Å². The van der Waals surface area contributed by atoms with Gasteiger partial charge >= 0.3 is 0 Å². The zero-order valence-corrected chi connectivity index (χ0v) is 14.0. The topological polar surface area (TPSA) is 32.3 Å². The molecule has 1 unspecified atom stereocenters. The highest BCUT2D eigenvalue weighted by molar-refractivity contribution is 5.65. The zero-order valence-electron chi connectivity index (χ0n) is 14.0. The Hall–Kier alpha value is -2.20. The molecule has 24 heavy (non-hydrogen) atoms. The predicted octanol–water partition coefficient (Wildman–Crippen LogP) is 3.23. The van der Waals surface area contributed by atoms with Gasteiger partial charge in [-0.25, -0.2) is 4.98 Å². The number of nitrogens with zero attached hydrogens (tertiary/aromatic N) is 4. The number of rotatable bonds is 3. The van der Waals surface area contributed by atoms with E-state index in [1.807, 2.05) is 30.7 Å². The van der Waals surface area contributed by atoms with Crippen LogP contribution in [0.5, 0.6) is 0 Å². The minimum Gasteiger partial charge on any atom is -0.354 e. The fourth-order valence-corrected chi connectivity index (χ4v) is 3.82. The molecule has 2 aliphatic rings. The Balaban J connectivity index is 1.33. The Labute approximate surface area is 143 Å². The molecule has 0 radical (unpaired) electrons. The van der Waals surface area contributed by atoms with Crippen LogP contribution in [0.1, 0.15) is 24.8 Å². The molecule has 3 heterocycles. The lowest BCUT2D eigenvalue weighted by molar-refractivity contribution is 0.175. The number of anilines is 1. The van der Waals surface area contributed by atoms with Crippen molar-refractivity contribution < 1.29 is 0 Å². The summed E-state index contributed by atoms with van der Waals surface area (Å²) in [4.78, 5) is 13.8. The third-order valence-corrected chi connectivity index (χ3v) is 5.22. The lowest BCUT2D eigenvalue weighted by Crippen LogP contribution is -2.50. The average molecular weight is 320 g/mol. The van der Waals surface area contributed by atoms with Gasteiger partial charge in [0.15, 0.2) is 0 Å². The predicted molar refractivity (Wildman–Crippen MR) is 97.9 cm³/mol. The Morgan fingerprint density at radius 1 is 0.958 bits per heavy atom. The molecular weight excluding hydrogens is 296 g/mol.